The Kier molecular flexibility index (Phi) is 6.60. The van der Waals surface area contributed by atoms with Crippen molar-refractivity contribution in [3.8, 4) is 11.8 Å². The Hall–Kier alpha value is -1.62. The van der Waals surface area contributed by atoms with Gasteiger partial charge in [-0.2, -0.15) is 5.26 Å². The summed E-state index contributed by atoms with van der Waals surface area (Å²) in [6, 6.07) is 12.6. The highest BCUT2D eigenvalue weighted by molar-refractivity contribution is 9.11. The minimum absolute atomic E-state index is 0.000979. The van der Waals surface area contributed by atoms with Gasteiger partial charge >= 0.3 is 0 Å². The Morgan fingerprint density at radius 1 is 1.21 bits per heavy atom. The van der Waals surface area contributed by atoms with Gasteiger partial charge in [-0.05, 0) is 73.8 Å². The van der Waals surface area contributed by atoms with Crippen molar-refractivity contribution in [3.63, 3.8) is 0 Å². The van der Waals surface area contributed by atoms with Gasteiger partial charge in [-0.3, -0.25) is 4.79 Å². The van der Waals surface area contributed by atoms with Crippen molar-refractivity contribution in [3.05, 3.63) is 61.0 Å². The minimum atomic E-state index is -0.473. The van der Waals surface area contributed by atoms with Crippen LogP contribution in [-0.4, -0.2) is 13.0 Å². The van der Waals surface area contributed by atoms with Crippen LogP contribution >= 0.6 is 47.8 Å². The molecule has 1 N–H and O–H groups in total. The van der Waals surface area contributed by atoms with Crippen LogP contribution in [0.3, 0.4) is 0 Å². The smallest absolute Gasteiger partial charge is 0.266 e. The van der Waals surface area contributed by atoms with E-state index in [0.29, 0.717) is 17.0 Å². The van der Waals surface area contributed by atoms with Crippen LogP contribution in [-0.2, 0) is 4.79 Å². The van der Waals surface area contributed by atoms with Gasteiger partial charge in [0.05, 0.1) is 16.1 Å². The van der Waals surface area contributed by atoms with Crippen LogP contribution in [0.2, 0.25) is 0 Å². The molecule has 0 aliphatic rings. The molecule has 0 atom stereocenters. The van der Waals surface area contributed by atoms with E-state index in [1.807, 2.05) is 12.1 Å². The van der Waals surface area contributed by atoms with E-state index < -0.39 is 5.91 Å². The van der Waals surface area contributed by atoms with Crippen molar-refractivity contribution >= 4 is 65.5 Å². The standard InChI is InChI=1S/C17H11Br3N2O2/c1-24-16-14(19)6-10(7-15(16)20)5-11(9-21)17(23)22-13-4-2-3-12(18)8-13/h2-8H,1H3,(H,22,23)/b11-5-. The molecule has 0 aliphatic heterocycles. The normalized spacial score (nSPS) is 10.9. The first-order valence-electron chi connectivity index (χ1n) is 6.66. The number of nitrogens with one attached hydrogen (secondary N) is 1. The van der Waals surface area contributed by atoms with Crippen LogP contribution in [0.25, 0.3) is 6.08 Å². The Morgan fingerprint density at radius 3 is 2.42 bits per heavy atom. The Bertz CT molecular complexity index is 834. The van der Waals surface area contributed by atoms with E-state index in [1.54, 1.807) is 37.4 Å². The summed E-state index contributed by atoms with van der Waals surface area (Å²) >= 11 is 10.1. The van der Waals surface area contributed by atoms with Crippen LogP contribution in [0, 0.1) is 11.3 Å². The molecule has 0 bridgehead atoms. The molecule has 0 heterocycles. The van der Waals surface area contributed by atoms with Crippen LogP contribution < -0.4 is 10.1 Å². The van der Waals surface area contributed by atoms with Gasteiger partial charge in [0.2, 0.25) is 0 Å². The summed E-state index contributed by atoms with van der Waals surface area (Å²) in [4.78, 5) is 12.3. The summed E-state index contributed by atoms with van der Waals surface area (Å²) in [6.45, 7) is 0. The number of rotatable bonds is 4. The second-order valence-corrected chi connectivity index (χ2v) is 7.28. The molecule has 0 radical (unpaired) electrons. The lowest BCUT2D eigenvalue weighted by Gasteiger charge is -2.08. The number of carbonyl (C=O) groups is 1. The number of carbonyl (C=O) groups excluding carboxylic acids is 1. The second kappa shape index (κ2) is 8.47. The fourth-order valence-electron chi connectivity index (χ4n) is 1.94. The first-order valence-corrected chi connectivity index (χ1v) is 9.04. The molecule has 122 valence electrons. The van der Waals surface area contributed by atoms with Crippen molar-refractivity contribution in [2.75, 3.05) is 12.4 Å². The summed E-state index contributed by atoms with van der Waals surface area (Å²) in [5.74, 6) is 0.169. The summed E-state index contributed by atoms with van der Waals surface area (Å²) in [5, 5.41) is 12.0. The highest BCUT2D eigenvalue weighted by Gasteiger charge is 2.12. The molecule has 1 amide bonds. The molecular weight excluding hydrogens is 504 g/mol. The molecular formula is C17H11Br3N2O2. The number of hydrogen-bond donors (Lipinski definition) is 1. The van der Waals surface area contributed by atoms with Gasteiger partial charge in [0.1, 0.15) is 17.4 Å². The van der Waals surface area contributed by atoms with Crippen molar-refractivity contribution in [2.24, 2.45) is 0 Å². The summed E-state index contributed by atoms with van der Waals surface area (Å²) in [6.07, 6.45) is 1.52. The van der Waals surface area contributed by atoms with Gasteiger partial charge in [-0.15, -0.1) is 0 Å². The third-order valence-corrected chi connectivity index (χ3v) is 4.65. The van der Waals surface area contributed by atoms with E-state index in [1.165, 1.54) is 6.08 Å². The average Bonchev–Trinajstić information content (AvgIpc) is 2.52. The van der Waals surface area contributed by atoms with E-state index in [0.717, 1.165) is 13.4 Å². The fraction of sp³-hybridized carbons (Fsp3) is 0.0588. The zero-order valence-corrected chi connectivity index (χ0v) is 17.2. The molecule has 0 saturated heterocycles. The maximum absolute atomic E-state index is 12.3. The van der Waals surface area contributed by atoms with Gasteiger partial charge in [-0.1, -0.05) is 22.0 Å². The molecule has 0 aromatic heterocycles. The third-order valence-electron chi connectivity index (χ3n) is 2.98. The van der Waals surface area contributed by atoms with E-state index in [2.05, 4.69) is 53.1 Å². The lowest BCUT2D eigenvalue weighted by atomic mass is 10.1. The quantitative estimate of drug-likeness (QED) is 0.431. The number of methoxy groups -OCH3 is 1. The zero-order chi connectivity index (χ0) is 17.7. The van der Waals surface area contributed by atoms with Gasteiger partial charge in [0, 0.05) is 10.2 Å². The van der Waals surface area contributed by atoms with E-state index in [4.69, 9.17) is 4.74 Å². The van der Waals surface area contributed by atoms with Gasteiger partial charge in [0.15, 0.2) is 0 Å². The molecule has 0 aliphatic carbocycles. The van der Waals surface area contributed by atoms with Crippen molar-refractivity contribution in [1.82, 2.24) is 0 Å². The maximum atomic E-state index is 12.3. The highest BCUT2D eigenvalue weighted by Crippen LogP contribution is 2.35. The molecule has 4 nitrogen and oxygen atoms in total. The lowest BCUT2D eigenvalue weighted by Crippen LogP contribution is -2.13. The maximum Gasteiger partial charge on any atom is 0.266 e. The first-order chi connectivity index (χ1) is 11.4. The monoisotopic (exact) mass is 512 g/mol. The molecule has 7 heteroatoms. The number of amides is 1. The van der Waals surface area contributed by atoms with Crippen LogP contribution in [0.4, 0.5) is 5.69 Å². The number of hydrogen-bond acceptors (Lipinski definition) is 3. The molecule has 0 saturated carbocycles. The van der Waals surface area contributed by atoms with Crippen LogP contribution in [0.15, 0.2) is 55.4 Å². The largest absolute Gasteiger partial charge is 0.494 e. The van der Waals surface area contributed by atoms with E-state index in [-0.39, 0.29) is 5.57 Å². The molecule has 0 fully saturated rings. The molecule has 0 unspecified atom stereocenters. The third kappa shape index (κ3) is 4.69. The number of nitrogens with zero attached hydrogens (tertiary/aromatic N) is 1. The number of ether oxygens (including phenoxy) is 1. The highest BCUT2D eigenvalue weighted by atomic mass is 79.9. The van der Waals surface area contributed by atoms with Crippen molar-refractivity contribution in [1.29, 1.82) is 5.26 Å². The Labute approximate surface area is 164 Å². The average molecular weight is 515 g/mol. The second-order valence-electron chi connectivity index (χ2n) is 4.65. The minimum Gasteiger partial charge on any atom is -0.494 e. The number of halogens is 3. The van der Waals surface area contributed by atoms with Gasteiger partial charge < -0.3 is 10.1 Å². The number of benzene rings is 2. The molecule has 24 heavy (non-hydrogen) atoms. The number of nitriles is 1. The predicted octanol–water partition coefficient (Wildman–Crippen LogP) is 5.53. The zero-order valence-electron chi connectivity index (χ0n) is 12.4. The van der Waals surface area contributed by atoms with Gasteiger partial charge in [0.25, 0.3) is 5.91 Å². The summed E-state index contributed by atoms with van der Waals surface area (Å²) in [7, 11) is 1.56. The topological polar surface area (TPSA) is 62.1 Å². The Balaban J connectivity index is 2.29. The fourth-order valence-corrected chi connectivity index (χ4v) is 3.88. The summed E-state index contributed by atoms with van der Waals surface area (Å²) in [5.41, 5.74) is 1.29. The van der Waals surface area contributed by atoms with Crippen molar-refractivity contribution in [2.45, 2.75) is 0 Å². The Morgan fingerprint density at radius 2 is 1.88 bits per heavy atom. The lowest BCUT2D eigenvalue weighted by molar-refractivity contribution is -0.112. The molecule has 2 aromatic rings. The number of anilines is 1. The van der Waals surface area contributed by atoms with Crippen LogP contribution in [0.1, 0.15) is 5.56 Å². The SMILES string of the molecule is COc1c(Br)cc(/C=C(/C#N)C(=O)Nc2cccc(Br)c2)cc1Br. The molecule has 2 aromatic carbocycles. The van der Waals surface area contributed by atoms with Gasteiger partial charge in [-0.25, -0.2) is 0 Å². The van der Waals surface area contributed by atoms with E-state index in [9.17, 15) is 10.1 Å². The molecule has 2 rings (SSSR count). The first kappa shape index (κ1) is 18.7. The summed E-state index contributed by atoms with van der Waals surface area (Å²) < 4.78 is 7.51. The molecule has 0 spiro atoms. The van der Waals surface area contributed by atoms with Crippen molar-refractivity contribution < 1.29 is 9.53 Å². The predicted molar refractivity (Wildman–Crippen MR) is 105 cm³/mol. The van der Waals surface area contributed by atoms with E-state index >= 15 is 0 Å². The van der Waals surface area contributed by atoms with Crippen LogP contribution in [0.5, 0.6) is 5.75 Å².